The van der Waals surface area contributed by atoms with E-state index in [9.17, 15) is 8.78 Å². The van der Waals surface area contributed by atoms with Gasteiger partial charge < -0.3 is 4.57 Å². The van der Waals surface area contributed by atoms with Crippen LogP contribution in [-0.4, -0.2) is 14.8 Å². The molecule has 0 amide bonds. The molecule has 0 saturated heterocycles. The Bertz CT molecular complexity index is 789. The van der Waals surface area contributed by atoms with Gasteiger partial charge in [-0.1, -0.05) is 31.5 Å². The van der Waals surface area contributed by atoms with Crippen LogP contribution in [0, 0.1) is 6.07 Å². The predicted octanol–water partition coefficient (Wildman–Crippen LogP) is 5.01. The van der Waals surface area contributed by atoms with E-state index < -0.39 is 5.92 Å². The quantitative estimate of drug-likeness (QED) is 0.430. The third-order valence-corrected chi connectivity index (χ3v) is 3.80. The van der Waals surface area contributed by atoms with Gasteiger partial charge in [0.25, 0.3) is 0 Å². The molecule has 3 rings (SSSR count). The molecular formula is C19H18F2IrN3-. The van der Waals surface area contributed by atoms with Crippen LogP contribution in [0.2, 0.25) is 0 Å². The summed E-state index contributed by atoms with van der Waals surface area (Å²) in [5.74, 6) is -2.99. The second-order valence-corrected chi connectivity index (χ2v) is 5.60. The largest absolute Gasteiger partial charge is 0.315 e. The molecule has 0 aliphatic carbocycles. The molecule has 0 aliphatic heterocycles. The fourth-order valence-electron chi connectivity index (χ4n) is 2.56. The van der Waals surface area contributed by atoms with Crippen molar-refractivity contribution in [2.75, 3.05) is 0 Å². The standard InChI is InChI=1S/C19H18F2N3.Ir/c1-2-3-14-19(20,21)18-23-22-17(15-10-6-4-7-11-15)24(18)16-12-8-5-9-13-16;/h4-10,12-13H,2-3,14H2,1H3;/q-1;. The first-order valence-corrected chi connectivity index (χ1v) is 7.99. The minimum Gasteiger partial charge on any atom is -0.315 e. The van der Waals surface area contributed by atoms with Crippen molar-refractivity contribution in [1.29, 1.82) is 0 Å². The Balaban J connectivity index is 0.00000225. The summed E-state index contributed by atoms with van der Waals surface area (Å²) >= 11 is 0. The maximum absolute atomic E-state index is 14.7. The summed E-state index contributed by atoms with van der Waals surface area (Å²) in [6.45, 7) is 1.89. The van der Waals surface area contributed by atoms with Gasteiger partial charge in [-0.3, -0.25) is 0 Å². The van der Waals surface area contributed by atoms with E-state index in [1.54, 1.807) is 24.3 Å². The maximum atomic E-state index is 14.7. The smallest absolute Gasteiger partial charge is 0.306 e. The molecule has 1 aromatic heterocycles. The number of alkyl halides is 2. The number of halogens is 2. The topological polar surface area (TPSA) is 30.7 Å². The van der Waals surface area contributed by atoms with Gasteiger partial charge in [0, 0.05) is 32.2 Å². The number of unbranched alkanes of at least 4 members (excludes halogenated alkanes) is 1. The molecule has 2 aromatic carbocycles. The van der Waals surface area contributed by atoms with E-state index in [0.29, 0.717) is 29.9 Å². The Morgan fingerprint density at radius 2 is 1.76 bits per heavy atom. The third-order valence-electron chi connectivity index (χ3n) is 3.80. The van der Waals surface area contributed by atoms with Crippen LogP contribution in [0.4, 0.5) is 8.78 Å². The Kier molecular flexibility index (Phi) is 6.57. The van der Waals surface area contributed by atoms with Gasteiger partial charge in [-0.15, -0.1) is 41.0 Å². The van der Waals surface area contributed by atoms with Crippen molar-refractivity contribution in [3.05, 3.63) is 66.5 Å². The first kappa shape index (κ1) is 19.4. The number of rotatable bonds is 6. The van der Waals surface area contributed by atoms with Gasteiger partial charge in [-0.2, -0.15) is 13.9 Å². The van der Waals surface area contributed by atoms with Gasteiger partial charge in [0.15, 0.2) is 5.82 Å². The van der Waals surface area contributed by atoms with Crippen molar-refractivity contribution in [1.82, 2.24) is 14.8 Å². The van der Waals surface area contributed by atoms with Gasteiger partial charge in [0.1, 0.15) is 0 Å². The number of hydrogen-bond donors (Lipinski definition) is 0. The molecule has 3 nitrogen and oxygen atoms in total. The van der Waals surface area contributed by atoms with E-state index in [-0.39, 0.29) is 32.4 Å². The molecule has 133 valence electrons. The predicted molar refractivity (Wildman–Crippen MR) is 89.1 cm³/mol. The Morgan fingerprint density at radius 3 is 2.40 bits per heavy atom. The summed E-state index contributed by atoms with van der Waals surface area (Å²) in [7, 11) is 0. The van der Waals surface area contributed by atoms with E-state index in [0.717, 1.165) is 0 Å². The summed E-state index contributed by atoms with van der Waals surface area (Å²) in [6, 6.07) is 19.2. The molecule has 1 heterocycles. The number of benzene rings is 2. The van der Waals surface area contributed by atoms with Crippen LogP contribution in [0.5, 0.6) is 0 Å². The SMILES string of the molecule is CCCCC(F)(F)c1nnc(-c2[c-]cccc2)n1-c1ccccc1.[Ir]. The summed E-state index contributed by atoms with van der Waals surface area (Å²) in [5.41, 5.74) is 1.24. The molecule has 0 saturated carbocycles. The van der Waals surface area contributed by atoms with Crippen LogP contribution in [0.3, 0.4) is 0 Å². The molecule has 0 aliphatic rings. The second kappa shape index (κ2) is 8.45. The summed E-state index contributed by atoms with van der Waals surface area (Å²) in [5, 5.41) is 7.88. The summed E-state index contributed by atoms with van der Waals surface area (Å²) in [4.78, 5) is 0. The van der Waals surface area contributed by atoms with Crippen molar-refractivity contribution in [2.45, 2.75) is 32.1 Å². The van der Waals surface area contributed by atoms with E-state index in [1.165, 1.54) is 4.57 Å². The average Bonchev–Trinajstić information content (AvgIpc) is 3.07. The summed E-state index contributed by atoms with van der Waals surface area (Å²) < 4.78 is 30.8. The zero-order valence-electron chi connectivity index (χ0n) is 13.7. The first-order valence-electron chi connectivity index (χ1n) is 7.99. The molecule has 0 atom stereocenters. The monoisotopic (exact) mass is 519 g/mol. The zero-order valence-corrected chi connectivity index (χ0v) is 16.1. The molecule has 6 heteroatoms. The maximum Gasteiger partial charge on any atom is 0.306 e. The molecule has 0 N–H and O–H groups in total. The fraction of sp³-hybridized carbons (Fsp3) is 0.263. The van der Waals surface area contributed by atoms with Crippen LogP contribution in [-0.2, 0) is 26.0 Å². The molecule has 25 heavy (non-hydrogen) atoms. The second-order valence-electron chi connectivity index (χ2n) is 5.60. The van der Waals surface area contributed by atoms with E-state index in [1.807, 2.05) is 37.3 Å². The van der Waals surface area contributed by atoms with Crippen molar-refractivity contribution >= 4 is 0 Å². The van der Waals surface area contributed by atoms with Crippen LogP contribution in [0.1, 0.15) is 32.0 Å². The van der Waals surface area contributed by atoms with E-state index >= 15 is 0 Å². The molecule has 1 radical (unpaired) electrons. The first-order chi connectivity index (χ1) is 11.6. The van der Waals surface area contributed by atoms with Gasteiger partial charge in [0.2, 0.25) is 0 Å². The number of nitrogens with zero attached hydrogens (tertiary/aromatic N) is 3. The van der Waals surface area contributed by atoms with Gasteiger partial charge in [-0.05, 0) is 18.6 Å². The van der Waals surface area contributed by atoms with Crippen molar-refractivity contribution in [3.63, 3.8) is 0 Å². The van der Waals surface area contributed by atoms with Crippen molar-refractivity contribution in [2.24, 2.45) is 0 Å². The minimum absolute atomic E-state index is 0. The average molecular weight is 519 g/mol. The third kappa shape index (κ3) is 4.20. The number of aromatic nitrogens is 3. The molecule has 0 fully saturated rings. The van der Waals surface area contributed by atoms with E-state index in [2.05, 4.69) is 16.3 Å². The Labute approximate surface area is 159 Å². The summed E-state index contributed by atoms with van der Waals surface area (Å²) in [6.07, 6.45) is 0.892. The van der Waals surface area contributed by atoms with Crippen LogP contribution >= 0.6 is 0 Å². The normalized spacial score (nSPS) is 11.2. The van der Waals surface area contributed by atoms with Crippen LogP contribution in [0.15, 0.2) is 54.6 Å². The minimum atomic E-state index is -3.04. The molecule has 0 bridgehead atoms. The van der Waals surface area contributed by atoms with E-state index in [4.69, 9.17) is 0 Å². The molecular weight excluding hydrogens is 500 g/mol. The molecule has 3 aromatic rings. The molecule has 0 unspecified atom stereocenters. The van der Waals surface area contributed by atoms with Gasteiger partial charge in [0.05, 0.1) is 5.82 Å². The van der Waals surface area contributed by atoms with Crippen molar-refractivity contribution in [3.8, 4) is 17.1 Å². The van der Waals surface area contributed by atoms with Gasteiger partial charge in [-0.25, -0.2) is 0 Å². The fourth-order valence-corrected chi connectivity index (χ4v) is 2.56. The zero-order chi connectivity index (χ0) is 17.0. The molecule has 0 spiro atoms. The Hall–Kier alpha value is -1.91. The Morgan fingerprint density at radius 1 is 1.04 bits per heavy atom. The number of hydrogen-bond acceptors (Lipinski definition) is 2. The van der Waals surface area contributed by atoms with Crippen molar-refractivity contribution < 1.29 is 28.9 Å². The number of para-hydroxylation sites is 1. The van der Waals surface area contributed by atoms with Gasteiger partial charge >= 0.3 is 5.92 Å². The van der Waals surface area contributed by atoms with Crippen LogP contribution < -0.4 is 0 Å². The van der Waals surface area contributed by atoms with Crippen LogP contribution in [0.25, 0.3) is 17.1 Å².